The standard InChI is InChI=1S/C12H14FN/c1-2-3-9-14-10-8-11-6-4-5-7-12(11)13/h1,4-7,14H,3,8-10H2. The SMILES string of the molecule is C#CCCNCCc1ccccc1F. The minimum absolute atomic E-state index is 0.133. The minimum atomic E-state index is -0.133. The predicted molar refractivity (Wildman–Crippen MR) is 56.4 cm³/mol. The van der Waals surface area contributed by atoms with Crippen molar-refractivity contribution >= 4 is 0 Å². The molecule has 0 aromatic heterocycles. The van der Waals surface area contributed by atoms with E-state index in [2.05, 4.69) is 11.2 Å². The molecule has 0 aliphatic rings. The molecule has 0 spiro atoms. The number of halogens is 1. The van der Waals surface area contributed by atoms with Gasteiger partial charge in [0.1, 0.15) is 5.82 Å². The monoisotopic (exact) mass is 191 g/mol. The normalized spacial score (nSPS) is 9.71. The maximum Gasteiger partial charge on any atom is 0.126 e. The predicted octanol–water partition coefficient (Wildman–Crippen LogP) is 1.98. The van der Waals surface area contributed by atoms with E-state index in [9.17, 15) is 4.39 Å². The second-order valence-electron chi connectivity index (χ2n) is 3.05. The number of hydrogen-bond donors (Lipinski definition) is 1. The molecule has 1 aromatic rings. The van der Waals surface area contributed by atoms with Crippen LogP contribution in [0.1, 0.15) is 12.0 Å². The molecule has 0 saturated heterocycles. The van der Waals surface area contributed by atoms with E-state index in [0.717, 1.165) is 25.1 Å². The zero-order valence-corrected chi connectivity index (χ0v) is 8.09. The van der Waals surface area contributed by atoms with Crippen LogP contribution in [0.15, 0.2) is 24.3 Å². The molecule has 0 aliphatic carbocycles. The summed E-state index contributed by atoms with van der Waals surface area (Å²) in [5.41, 5.74) is 0.751. The highest BCUT2D eigenvalue weighted by Gasteiger charge is 1.98. The minimum Gasteiger partial charge on any atom is -0.315 e. The van der Waals surface area contributed by atoms with Crippen LogP contribution in [0.4, 0.5) is 4.39 Å². The van der Waals surface area contributed by atoms with Gasteiger partial charge in [-0.1, -0.05) is 18.2 Å². The zero-order valence-electron chi connectivity index (χ0n) is 8.09. The summed E-state index contributed by atoms with van der Waals surface area (Å²) < 4.78 is 13.1. The van der Waals surface area contributed by atoms with E-state index in [1.807, 2.05) is 6.07 Å². The molecule has 0 unspecified atom stereocenters. The smallest absolute Gasteiger partial charge is 0.126 e. The van der Waals surface area contributed by atoms with Crippen molar-refractivity contribution in [1.29, 1.82) is 0 Å². The molecule has 0 amide bonds. The second-order valence-corrected chi connectivity index (χ2v) is 3.05. The van der Waals surface area contributed by atoms with Gasteiger partial charge in [0.2, 0.25) is 0 Å². The Balaban J connectivity index is 2.25. The largest absolute Gasteiger partial charge is 0.315 e. The Bertz CT molecular complexity index is 314. The number of hydrogen-bond acceptors (Lipinski definition) is 1. The summed E-state index contributed by atoms with van der Waals surface area (Å²) in [5, 5.41) is 3.15. The average molecular weight is 191 g/mol. The first-order valence-corrected chi connectivity index (χ1v) is 4.72. The van der Waals surface area contributed by atoms with Crippen molar-refractivity contribution in [2.45, 2.75) is 12.8 Å². The Kier molecular flexibility index (Phi) is 4.74. The molecule has 1 rings (SSSR count). The zero-order chi connectivity index (χ0) is 10.2. The van der Waals surface area contributed by atoms with Gasteiger partial charge in [0.05, 0.1) is 0 Å². The van der Waals surface area contributed by atoms with E-state index in [0.29, 0.717) is 6.42 Å². The van der Waals surface area contributed by atoms with Crippen molar-refractivity contribution in [2.24, 2.45) is 0 Å². The van der Waals surface area contributed by atoms with Gasteiger partial charge in [-0.3, -0.25) is 0 Å². The van der Waals surface area contributed by atoms with E-state index < -0.39 is 0 Å². The molecule has 0 fully saturated rings. The third kappa shape index (κ3) is 3.59. The fraction of sp³-hybridized carbons (Fsp3) is 0.333. The molecule has 2 heteroatoms. The van der Waals surface area contributed by atoms with Gasteiger partial charge in [-0.2, -0.15) is 0 Å². The van der Waals surface area contributed by atoms with Crippen molar-refractivity contribution in [2.75, 3.05) is 13.1 Å². The van der Waals surface area contributed by atoms with Crippen LogP contribution in [-0.4, -0.2) is 13.1 Å². The van der Waals surface area contributed by atoms with Crippen molar-refractivity contribution in [1.82, 2.24) is 5.32 Å². The van der Waals surface area contributed by atoms with Crippen LogP contribution in [-0.2, 0) is 6.42 Å². The fourth-order valence-electron chi connectivity index (χ4n) is 1.21. The molecular weight excluding hydrogens is 177 g/mol. The lowest BCUT2D eigenvalue weighted by atomic mass is 10.1. The molecule has 1 N–H and O–H groups in total. The summed E-state index contributed by atoms with van der Waals surface area (Å²) in [6, 6.07) is 6.83. The second kappa shape index (κ2) is 6.17. The first-order chi connectivity index (χ1) is 6.84. The van der Waals surface area contributed by atoms with E-state index in [-0.39, 0.29) is 5.82 Å². The summed E-state index contributed by atoms with van der Waals surface area (Å²) in [5.74, 6) is 2.41. The summed E-state index contributed by atoms with van der Waals surface area (Å²) >= 11 is 0. The Morgan fingerprint density at radius 1 is 1.29 bits per heavy atom. The topological polar surface area (TPSA) is 12.0 Å². The van der Waals surface area contributed by atoms with Crippen LogP contribution >= 0.6 is 0 Å². The molecule has 1 aromatic carbocycles. The van der Waals surface area contributed by atoms with Gasteiger partial charge in [-0.15, -0.1) is 12.3 Å². The lowest BCUT2D eigenvalue weighted by Crippen LogP contribution is -2.18. The number of nitrogens with one attached hydrogen (secondary N) is 1. The van der Waals surface area contributed by atoms with Crippen molar-refractivity contribution in [3.8, 4) is 12.3 Å². The molecule has 0 aliphatic heterocycles. The number of rotatable bonds is 5. The maximum absolute atomic E-state index is 13.1. The highest BCUT2D eigenvalue weighted by molar-refractivity contribution is 5.17. The van der Waals surface area contributed by atoms with Crippen LogP contribution in [0.3, 0.4) is 0 Å². The highest BCUT2D eigenvalue weighted by Crippen LogP contribution is 2.05. The van der Waals surface area contributed by atoms with Gasteiger partial charge < -0.3 is 5.32 Å². The van der Waals surface area contributed by atoms with Gasteiger partial charge >= 0.3 is 0 Å². The summed E-state index contributed by atoms with van der Waals surface area (Å²) in [4.78, 5) is 0. The molecule has 1 nitrogen and oxygen atoms in total. The maximum atomic E-state index is 13.1. The van der Waals surface area contributed by atoms with Gasteiger partial charge in [-0.05, 0) is 24.6 Å². The van der Waals surface area contributed by atoms with E-state index in [1.165, 1.54) is 6.07 Å². The summed E-state index contributed by atoms with van der Waals surface area (Å²) in [7, 11) is 0. The van der Waals surface area contributed by atoms with E-state index >= 15 is 0 Å². The van der Waals surface area contributed by atoms with Crippen LogP contribution in [0.5, 0.6) is 0 Å². The van der Waals surface area contributed by atoms with E-state index in [1.54, 1.807) is 12.1 Å². The number of benzene rings is 1. The van der Waals surface area contributed by atoms with Gasteiger partial charge in [-0.25, -0.2) is 4.39 Å². The molecular formula is C12H14FN. The van der Waals surface area contributed by atoms with Crippen molar-refractivity contribution in [3.05, 3.63) is 35.6 Å². The third-order valence-electron chi connectivity index (χ3n) is 1.98. The Labute approximate surface area is 84.3 Å². The molecule has 14 heavy (non-hydrogen) atoms. The van der Waals surface area contributed by atoms with Gasteiger partial charge in [0, 0.05) is 13.0 Å². The first kappa shape index (κ1) is 10.7. The number of terminal acetylenes is 1. The summed E-state index contributed by atoms with van der Waals surface area (Å²) in [6.07, 6.45) is 6.52. The molecule has 0 saturated carbocycles. The van der Waals surface area contributed by atoms with E-state index in [4.69, 9.17) is 6.42 Å². The summed E-state index contributed by atoms with van der Waals surface area (Å²) in [6.45, 7) is 1.56. The molecule has 74 valence electrons. The fourth-order valence-corrected chi connectivity index (χ4v) is 1.21. The highest BCUT2D eigenvalue weighted by atomic mass is 19.1. The average Bonchev–Trinajstić information content (AvgIpc) is 2.20. The van der Waals surface area contributed by atoms with Crippen LogP contribution in [0.25, 0.3) is 0 Å². The van der Waals surface area contributed by atoms with Gasteiger partial charge in [0.15, 0.2) is 0 Å². The molecule has 0 radical (unpaired) electrons. The molecule has 0 heterocycles. The quantitative estimate of drug-likeness (QED) is 0.554. The van der Waals surface area contributed by atoms with Gasteiger partial charge in [0.25, 0.3) is 0 Å². The lowest BCUT2D eigenvalue weighted by molar-refractivity contribution is 0.599. The Hall–Kier alpha value is -1.33. The van der Waals surface area contributed by atoms with Crippen LogP contribution in [0, 0.1) is 18.2 Å². The van der Waals surface area contributed by atoms with Crippen LogP contribution in [0.2, 0.25) is 0 Å². The van der Waals surface area contributed by atoms with Crippen LogP contribution < -0.4 is 5.32 Å². The Morgan fingerprint density at radius 2 is 2.07 bits per heavy atom. The lowest BCUT2D eigenvalue weighted by Gasteiger charge is -2.03. The third-order valence-corrected chi connectivity index (χ3v) is 1.98. The molecule has 0 bridgehead atoms. The van der Waals surface area contributed by atoms with Crippen molar-refractivity contribution < 1.29 is 4.39 Å². The first-order valence-electron chi connectivity index (χ1n) is 4.72. The Morgan fingerprint density at radius 3 is 2.79 bits per heavy atom. The molecule has 0 atom stereocenters. The van der Waals surface area contributed by atoms with Crippen molar-refractivity contribution in [3.63, 3.8) is 0 Å².